The van der Waals surface area contributed by atoms with E-state index in [1.165, 1.54) is 0 Å². The van der Waals surface area contributed by atoms with E-state index in [0.29, 0.717) is 25.9 Å². The summed E-state index contributed by atoms with van der Waals surface area (Å²) in [5, 5.41) is 9.11. The van der Waals surface area contributed by atoms with Crippen LogP contribution in [-0.2, 0) is 11.2 Å². The molecule has 6 nitrogen and oxygen atoms in total. The standard InChI is InChI=1S/C15H21N3O3/c1-11-13(14(19)20)7-10-18(11)15(21)17(2)9-6-12-5-3-4-8-16-12/h3-5,8,11,13H,6-7,9-10H2,1-2H3,(H,19,20). The second kappa shape index (κ2) is 6.56. The molecule has 2 heterocycles. The van der Waals surface area contributed by atoms with Gasteiger partial charge in [-0.3, -0.25) is 9.78 Å². The van der Waals surface area contributed by atoms with E-state index in [9.17, 15) is 9.59 Å². The minimum absolute atomic E-state index is 0.109. The molecule has 2 rings (SSSR count). The van der Waals surface area contributed by atoms with Gasteiger partial charge in [0.25, 0.3) is 0 Å². The van der Waals surface area contributed by atoms with Gasteiger partial charge in [0.05, 0.1) is 5.92 Å². The molecule has 2 amide bonds. The van der Waals surface area contributed by atoms with Crippen LogP contribution in [0.2, 0.25) is 0 Å². The van der Waals surface area contributed by atoms with Gasteiger partial charge in [0.2, 0.25) is 0 Å². The predicted molar refractivity (Wildman–Crippen MR) is 77.9 cm³/mol. The van der Waals surface area contributed by atoms with Gasteiger partial charge in [-0.1, -0.05) is 6.07 Å². The topological polar surface area (TPSA) is 73.7 Å². The molecule has 1 N–H and O–H groups in total. The number of hydrogen-bond acceptors (Lipinski definition) is 3. The quantitative estimate of drug-likeness (QED) is 0.911. The Labute approximate surface area is 124 Å². The molecule has 1 aromatic rings. The van der Waals surface area contributed by atoms with E-state index < -0.39 is 11.9 Å². The van der Waals surface area contributed by atoms with Crippen LogP contribution < -0.4 is 0 Å². The van der Waals surface area contributed by atoms with Crippen LogP contribution in [0.25, 0.3) is 0 Å². The molecular formula is C15H21N3O3. The predicted octanol–water partition coefficient (Wildman–Crippen LogP) is 1.47. The molecule has 1 aliphatic rings. The monoisotopic (exact) mass is 291 g/mol. The molecule has 6 heteroatoms. The molecule has 0 radical (unpaired) electrons. The number of urea groups is 1. The number of carboxylic acid groups (broad SMARTS) is 1. The molecule has 1 fully saturated rings. The maximum atomic E-state index is 12.4. The SMILES string of the molecule is CC1C(C(=O)O)CCN1C(=O)N(C)CCc1ccccn1. The number of likely N-dealkylation sites (tertiary alicyclic amines) is 1. The lowest BCUT2D eigenvalue weighted by molar-refractivity contribution is -0.142. The second-order valence-electron chi connectivity index (χ2n) is 5.44. The molecule has 1 saturated heterocycles. The molecular weight excluding hydrogens is 270 g/mol. The van der Waals surface area contributed by atoms with Crippen molar-refractivity contribution in [2.45, 2.75) is 25.8 Å². The van der Waals surface area contributed by atoms with E-state index in [1.807, 2.05) is 18.2 Å². The highest BCUT2D eigenvalue weighted by molar-refractivity contribution is 5.78. The number of hydrogen-bond donors (Lipinski definition) is 1. The van der Waals surface area contributed by atoms with Crippen molar-refractivity contribution in [2.75, 3.05) is 20.1 Å². The molecule has 1 aromatic heterocycles. The summed E-state index contributed by atoms with van der Waals surface area (Å²) in [6, 6.07) is 5.34. The zero-order valence-corrected chi connectivity index (χ0v) is 12.4. The number of amides is 2. The molecule has 0 spiro atoms. The number of rotatable bonds is 4. The molecule has 1 aliphatic heterocycles. The minimum atomic E-state index is -0.825. The maximum Gasteiger partial charge on any atom is 0.320 e. The number of aliphatic carboxylic acids is 1. The van der Waals surface area contributed by atoms with Crippen molar-refractivity contribution in [3.8, 4) is 0 Å². The van der Waals surface area contributed by atoms with E-state index in [-0.39, 0.29) is 12.1 Å². The molecule has 2 atom stereocenters. The van der Waals surface area contributed by atoms with E-state index in [4.69, 9.17) is 5.11 Å². The summed E-state index contributed by atoms with van der Waals surface area (Å²) in [7, 11) is 1.74. The van der Waals surface area contributed by atoms with Gasteiger partial charge < -0.3 is 14.9 Å². The molecule has 0 saturated carbocycles. The fourth-order valence-corrected chi connectivity index (χ4v) is 2.68. The van der Waals surface area contributed by atoms with Crippen LogP contribution in [0.4, 0.5) is 4.79 Å². The third kappa shape index (κ3) is 3.51. The van der Waals surface area contributed by atoms with Gasteiger partial charge in [-0.05, 0) is 25.5 Å². The van der Waals surface area contributed by atoms with E-state index in [2.05, 4.69) is 4.98 Å². The molecule has 0 aromatic carbocycles. The van der Waals surface area contributed by atoms with E-state index >= 15 is 0 Å². The van der Waals surface area contributed by atoms with Crippen LogP contribution >= 0.6 is 0 Å². The minimum Gasteiger partial charge on any atom is -0.481 e. The van der Waals surface area contributed by atoms with Crippen molar-refractivity contribution in [1.29, 1.82) is 0 Å². The summed E-state index contributed by atoms with van der Waals surface area (Å²) in [5.74, 6) is -1.29. The largest absolute Gasteiger partial charge is 0.481 e. The van der Waals surface area contributed by atoms with E-state index in [0.717, 1.165) is 5.69 Å². The number of carboxylic acids is 1. The second-order valence-corrected chi connectivity index (χ2v) is 5.44. The Bertz CT molecular complexity index is 506. The van der Waals surface area contributed by atoms with Gasteiger partial charge >= 0.3 is 12.0 Å². The summed E-state index contributed by atoms with van der Waals surface area (Å²) < 4.78 is 0. The van der Waals surface area contributed by atoms with Gasteiger partial charge in [-0.25, -0.2) is 4.79 Å². The molecule has 2 unspecified atom stereocenters. The van der Waals surface area contributed by atoms with Gasteiger partial charge in [-0.15, -0.1) is 0 Å². The van der Waals surface area contributed by atoms with Crippen molar-refractivity contribution in [2.24, 2.45) is 5.92 Å². The molecule has 0 bridgehead atoms. The van der Waals surface area contributed by atoms with Crippen molar-refractivity contribution in [1.82, 2.24) is 14.8 Å². The Morgan fingerprint density at radius 2 is 2.24 bits per heavy atom. The lowest BCUT2D eigenvalue weighted by Crippen LogP contribution is -2.45. The van der Waals surface area contributed by atoms with Crippen molar-refractivity contribution < 1.29 is 14.7 Å². The first-order chi connectivity index (χ1) is 10.0. The maximum absolute atomic E-state index is 12.4. The highest BCUT2D eigenvalue weighted by Crippen LogP contribution is 2.25. The molecule has 0 aliphatic carbocycles. The van der Waals surface area contributed by atoms with Crippen LogP contribution in [0.5, 0.6) is 0 Å². The first-order valence-corrected chi connectivity index (χ1v) is 7.15. The molecule has 114 valence electrons. The summed E-state index contributed by atoms with van der Waals surface area (Å²) >= 11 is 0. The lowest BCUT2D eigenvalue weighted by Gasteiger charge is -2.28. The highest BCUT2D eigenvalue weighted by Gasteiger charge is 2.38. The fourth-order valence-electron chi connectivity index (χ4n) is 2.68. The zero-order valence-electron chi connectivity index (χ0n) is 12.4. The third-order valence-corrected chi connectivity index (χ3v) is 4.07. The summed E-state index contributed by atoms with van der Waals surface area (Å²) in [4.78, 5) is 31.0. The Hall–Kier alpha value is -2.11. The number of carbonyl (C=O) groups excluding carboxylic acids is 1. The average Bonchev–Trinajstić information content (AvgIpc) is 2.87. The normalized spacial score (nSPS) is 21.3. The van der Waals surface area contributed by atoms with Crippen molar-refractivity contribution >= 4 is 12.0 Å². The third-order valence-electron chi connectivity index (χ3n) is 4.07. The Kier molecular flexibility index (Phi) is 4.77. The Morgan fingerprint density at radius 3 is 2.81 bits per heavy atom. The number of likely N-dealkylation sites (N-methyl/N-ethyl adjacent to an activating group) is 1. The van der Waals surface area contributed by atoms with Crippen molar-refractivity contribution in [3.05, 3.63) is 30.1 Å². The smallest absolute Gasteiger partial charge is 0.320 e. The zero-order chi connectivity index (χ0) is 15.4. The van der Waals surface area contributed by atoms with Crippen molar-refractivity contribution in [3.63, 3.8) is 0 Å². The average molecular weight is 291 g/mol. The lowest BCUT2D eigenvalue weighted by atomic mass is 10.0. The van der Waals surface area contributed by atoms with Crippen LogP contribution in [0.15, 0.2) is 24.4 Å². The summed E-state index contributed by atoms with van der Waals surface area (Å²) in [5.41, 5.74) is 0.940. The number of carbonyl (C=O) groups is 2. The fraction of sp³-hybridized carbons (Fsp3) is 0.533. The number of pyridine rings is 1. The highest BCUT2D eigenvalue weighted by atomic mass is 16.4. The first kappa shape index (κ1) is 15.3. The number of nitrogens with zero attached hydrogens (tertiary/aromatic N) is 3. The van der Waals surface area contributed by atoms with Gasteiger partial charge in [0.15, 0.2) is 0 Å². The molecule has 21 heavy (non-hydrogen) atoms. The van der Waals surface area contributed by atoms with Crippen LogP contribution in [0.1, 0.15) is 19.0 Å². The van der Waals surface area contributed by atoms with Gasteiger partial charge in [-0.2, -0.15) is 0 Å². The summed E-state index contributed by atoms with van der Waals surface area (Å²) in [6.07, 6.45) is 2.95. The number of aromatic nitrogens is 1. The van der Waals surface area contributed by atoms with E-state index in [1.54, 1.807) is 30.0 Å². The van der Waals surface area contributed by atoms with Gasteiger partial charge in [0.1, 0.15) is 0 Å². The Morgan fingerprint density at radius 1 is 1.48 bits per heavy atom. The van der Waals surface area contributed by atoms with Crippen LogP contribution in [0, 0.1) is 5.92 Å². The van der Waals surface area contributed by atoms with Crippen LogP contribution in [-0.4, -0.2) is 58.1 Å². The first-order valence-electron chi connectivity index (χ1n) is 7.15. The van der Waals surface area contributed by atoms with Crippen LogP contribution in [0.3, 0.4) is 0 Å². The summed E-state index contributed by atoms with van der Waals surface area (Å²) in [6.45, 7) is 2.87. The van der Waals surface area contributed by atoms with Gasteiger partial charge in [0, 0.05) is 44.5 Å². The Balaban J connectivity index is 1.89.